The van der Waals surface area contributed by atoms with E-state index in [0.717, 1.165) is 0 Å². The van der Waals surface area contributed by atoms with E-state index in [-0.39, 0.29) is 24.9 Å². The molecule has 0 radical (unpaired) electrons. The van der Waals surface area contributed by atoms with Gasteiger partial charge in [0.05, 0.1) is 19.1 Å². The number of carbonyl (C=O) groups is 6. The molecule has 6 N–H and O–H groups in total. The maximum absolute atomic E-state index is 13.4. The van der Waals surface area contributed by atoms with Crippen LogP contribution in [0.2, 0.25) is 0 Å². The number of nitrogens with zero attached hydrogens (tertiary/aromatic N) is 1. The fourth-order valence-electron chi connectivity index (χ4n) is 3.88. The average molecular weight is 558 g/mol. The highest BCUT2D eigenvalue weighted by Crippen LogP contribution is 2.16. The Morgan fingerprint density at radius 2 is 1.46 bits per heavy atom. The van der Waals surface area contributed by atoms with Crippen molar-refractivity contribution in [3.63, 3.8) is 0 Å². The second-order valence-corrected chi connectivity index (χ2v) is 10.3. The molecule has 6 unspecified atom stereocenters. The Labute approximate surface area is 228 Å². The molecule has 39 heavy (non-hydrogen) atoms. The highest BCUT2D eigenvalue weighted by molar-refractivity contribution is 5.96. The third-order valence-corrected chi connectivity index (χ3v) is 6.56. The van der Waals surface area contributed by atoms with Crippen molar-refractivity contribution < 1.29 is 43.7 Å². The van der Waals surface area contributed by atoms with Gasteiger partial charge in [0.1, 0.15) is 37.3 Å². The van der Waals surface area contributed by atoms with Gasteiger partial charge in [0.2, 0.25) is 29.5 Å². The predicted octanol–water partition coefficient (Wildman–Crippen LogP) is -2.35. The number of aliphatic hydroxyl groups is 2. The minimum absolute atomic E-state index is 0.00663. The monoisotopic (exact) mass is 557 g/mol. The van der Waals surface area contributed by atoms with Crippen LogP contribution < -0.4 is 21.3 Å². The number of esters is 1. The van der Waals surface area contributed by atoms with E-state index in [1.54, 1.807) is 6.92 Å². The lowest BCUT2D eigenvalue weighted by Gasteiger charge is -2.33. The minimum atomic E-state index is -1.51. The van der Waals surface area contributed by atoms with E-state index in [9.17, 15) is 39.0 Å². The fraction of sp³-hybridized carbons (Fsp3) is 0.760. The Kier molecular flexibility index (Phi) is 13.8. The molecule has 1 rings (SSSR count). The molecule has 14 heteroatoms. The summed E-state index contributed by atoms with van der Waals surface area (Å²) < 4.78 is 5.09. The van der Waals surface area contributed by atoms with Gasteiger partial charge >= 0.3 is 5.97 Å². The fourth-order valence-corrected chi connectivity index (χ4v) is 3.88. The smallest absolute Gasteiger partial charge is 0.325 e. The maximum Gasteiger partial charge on any atom is 0.325 e. The van der Waals surface area contributed by atoms with Crippen molar-refractivity contribution in [3.8, 4) is 0 Å². The Hall–Kier alpha value is -3.26. The van der Waals surface area contributed by atoms with E-state index in [1.165, 1.54) is 18.9 Å². The van der Waals surface area contributed by atoms with Gasteiger partial charge in [0.25, 0.3) is 0 Å². The highest BCUT2D eigenvalue weighted by Gasteiger charge is 2.36. The van der Waals surface area contributed by atoms with Crippen molar-refractivity contribution in [1.29, 1.82) is 0 Å². The van der Waals surface area contributed by atoms with Crippen LogP contribution in [0.25, 0.3) is 0 Å². The summed E-state index contributed by atoms with van der Waals surface area (Å²) in [5.74, 6) is -5.73. The molecule has 0 aromatic rings. The van der Waals surface area contributed by atoms with Crippen LogP contribution in [-0.2, 0) is 33.5 Å². The molecule has 5 amide bonds. The van der Waals surface area contributed by atoms with Gasteiger partial charge in [-0.15, -0.1) is 0 Å². The van der Waals surface area contributed by atoms with Gasteiger partial charge in [-0.3, -0.25) is 28.8 Å². The Morgan fingerprint density at radius 1 is 0.897 bits per heavy atom. The number of carbonyl (C=O) groups excluding carboxylic acids is 6. The lowest BCUT2D eigenvalue weighted by atomic mass is 9.95. The number of hydrogen-bond acceptors (Lipinski definition) is 9. The summed E-state index contributed by atoms with van der Waals surface area (Å²) in [5.41, 5.74) is 0. The van der Waals surface area contributed by atoms with Crippen LogP contribution in [-0.4, -0.2) is 108 Å². The first kappa shape index (κ1) is 33.8. The summed E-state index contributed by atoms with van der Waals surface area (Å²) in [6.45, 7) is 6.23. The molecule has 0 aromatic heterocycles. The zero-order valence-corrected chi connectivity index (χ0v) is 23.5. The van der Waals surface area contributed by atoms with Crippen molar-refractivity contribution >= 4 is 35.5 Å². The van der Waals surface area contributed by atoms with Crippen molar-refractivity contribution in [2.45, 2.75) is 71.6 Å². The topological polar surface area (TPSA) is 203 Å². The van der Waals surface area contributed by atoms with Gasteiger partial charge < -0.3 is 41.1 Å². The molecular formula is C25H43N5O9. The maximum atomic E-state index is 13.4. The van der Waals surface area contributed by atoms with Crippen molar-refractivity contribution in [2.75, 3.05) is 33.4 Å². The van der Waals surface area contributed by atoms with Crippen LogP contribution in [0, 0.1) is 17.8 Å². The predicted molar refractivity (Wildman–Crippen MR) is 139 cm³/mol. The number of cyclic esters (lactones) is 1. The minimum Gasteiger partial charge on any atom is -0.464 e. The molecule has 0 aliphatic carbocycles. The number of amides is 5. The van der Waals surface area contributed by atoms with Gasteiger partial charge in [-0.2, -0.15) is 0 Å². The van der Waals surface area contributed by atoms with E-state index < -0.39 is 85.3 Å². The standard InChI is InChI=1S/C25H43N5O9/c1-7-14(4)20-24(37)28-17(11-32)22(35)27-16(10-31)21(34)26-9-19(33)39-12-15(5)25(38)30(6)18(8-13(2)3)23(36)29-20/h13-18,20,31-32H,7-12H2,1-6H3,(H,26,34)(H,27,35)(H,28,37)(H,29,36). The number of rotatable bonds is 6. The molecule has 1 saturated heterocycles. The van der Waals surface area contributed by atoms with Crippen molar-refractivity contribution in [2.24, 2.45) is 17.8 Å². The average Bonchev–Trinajstić information content (AvgIpc) is 2.90. The molecule has 1 heterocycles. The molecular weight excluding hydrogens is 514 g/mol. The van der Waals surface area contributed by atoms with Crippen LogP contribution in [0.15, 0.2) is 0 Å². The quantitative estimate of drug-likeness (QED) is 0.193. The van der Waals surface area contributed by atoms with Crippen LogP contribution in [0.1, 0.15) is 47.5 Å². The lowest BCUT2D eigenvalue weighted by Crippen LogP contribution is -2.61. The molecule has 1 fully saturated rings. The van der Waals surface area contributed by atoms with E-state index >= 15 is 0 Å². The number of nitrogens with one attached hydrogen (secondary N) is 4. The Bertz CT molecular complexity index is 897. The summed E-state index contributed by atoms with van der Waals surface area (Å²) in [7, 11) is 1.45. The van der Waals surface area contributed by atoms with Gasteiger partial charge in [-0.05, 0) is 18.3 Å². The first-order valence-corrected chi connectivity index (χ1v) is 13.1. The second-order valence-electron chi connectivity index (χ2n) is 10.3. The number of ether oxygens (including phenoxy) is 1. The Balaban J connectivity index is 3.43. The van der Waals surface area contributed by atoms with Crippen LogP contribution >= 0.6 is 0 Å². The summed E-state index contributed by atoms with van der Waals surface area (Å²) in [5, 5.41) is 28.8. The van der Waals surface area contributed by atoms with Crippen molar-refractivity contribution in [1.82, 2.24) is 26.2 Å². The van der Waals surface area contributed by atoms with E-state index in [4.69, 9.17) is 4.74 Å². The molecule has 6 atom stereocenters. The largest absolute Gasteiger partial charge is 0.464 e. The zero-order chi connectivity index (χ0) is 29.9. The third-order valence-electron chi connectivity index (χ3n) is 6.56. The summed E-state index contributed by atoms with van der Waals surface area (Å²) in [6.07, 6.45) is 0.763. The third kappa shape index (κ3) is 10.1. The normalized spacial score (nSPS) is 27.8. The molecule has 14 nitrogen and oxygen atoms in total. The summed E-state index contributed by atoms with van der Waals surface area (Å²) >= 11 is 0. The molecule has 1 aliphatic rings. The highest BCUT2D eigenvalue weighted by atomic mass is 16.5. The second kappa shape index (κ2) is 16.0. The molecule has 1 aliphatic heterocycles. The molecule has 0 bridgehead atoms. The van der Waals surface area contributed by atoms with Gasteiger partial charge in [-0.1, -0.05) is 41.0 Å². The van der Waals surface area contributed by atoms with Gasteiger partial charge in [0, 0.05) is 7.05 Å². The first-order valence-electron chi connectivity index (χ1n) is 13.1. The molecule has 0 saturated carbocycles. The van der Waals surface area contributed by atoms with Gasteiger partial charge in [-0.25, -0.2) is 0 Å². The summed E-state index contributed by atoms with van der Waals surface area (Å²) in [4.78, 5) is 78.2. The lowest BCUT2D eigenvalue weighted by molar-refractivity contribution is -0.150. The zero-order valence-electron chi connectivity index (χ0n) is 23.5. The van der Waals surface area contributed by atoms with E-state index in [0.29, 0.717) is 6.42 Å². The van der Waals surface area contributed by atoms with E-state index in [2.05, 4.69) is 21.3 Å². The van der Waals surface area contributed by atoms with Gasteiger partial charge in [0.15, 0.2) is 0 Å². The SMILES string of the molecule is CCC(C)C1NC(=O)C(CC(C)C)N(C)C(=O)C(C)COC(=O)CNC(=O)C(CO)NC(=O)C(CO)NC1=O. The first-order chi connectivity index (χ1) is 18.3. The van der Waals surface area contributed by atoms with Crippen LogP contribution in [0.4, 0.5) is 0 Å². The number of hydrogen-bond donors (Lipinski definition) is 6. The molecule has 0 aromatic carbocycles. The number of aliphatic hydroxyl groups excluding tert-OH is 2. The van der Waals surface area contributed by atoms with Crippen molar-refractivity contribution in [3.05, 3.63) is 0 Å². The summed E-state index contributed by atoms with van der Waals surface area (Å²) in [6, 6.07) is -5.06. The van der Waals surface area contributed by atoms with Crippen LogP contribution in [0.5, 0.6) is 0 Å². The van der Waals surface area contributed by atoms with Crippen LogP contribution in [0.3, 0.4) is 0 Å². The molecule has 0 spiro atoms. The van der Waals surface area contributed by atoms with E-state index in [1.807, 2.05) is 20.8 Å². The molecule has 222 valence electrons. The number of likely N-dealkylation sites (N-methyl/N-ethyl adjacent to an activating group) is 1. The Morgan fingerprint density at radius 3 is 2.00 bits per heavy atom.